The average molecular weight is 341 g/mol. The fraction of sp³-hybridized carbons (Fsp3) is 0.333. The number of nitro groups is 1. The largest absolute Gasteiger partial charge is 0.379 e. The zero-order chi connectivity index (χ0) is 17.6. The van der Waals surface area contributed by atoms with E-state index in [0.29, 0.717) is 19.8 Å². The van der Waals surface area contributed by atoms with E-state index in [2.05, 4.69) is 9.88 Å². The molecular weight excluding hydrogens is 322 g/mol. The topological polar surface area (TPSA) is 85.6 Å². The molecule has 7 nitrogen and oxygen atoms in total. The van der Waals surface area contributed by atoms with Crippen LogP contribution in [0, 0.1) is 10.1 Å². The molecule has 0 bridgehead atoms. The molecule has 0 atom stereocenters. The molecule has 1 aromatic carbocycles. The number of ketones is 1. The highest BCUT2D eigenvalue weighted by Gasteiger charge is 2.21. The molecule has 25 heavy (non-hydrogen) atoms. The highest BCUT2D eigenvalue weighted by molar-refractivity contribution is 6.01. The summed E-state index contributed by atoms with van der Waals surface area (Å²) in [5.74, 6) is -0.275. The molecule has 0 spiro atoms. The van der Waals surface area contributed by atoms with Crippen molar-refractivity contribution < 1.29 is 14.5 Å². The maximum Gasteiger partial charge on any atom is 0.280 e. The van der Waals surface area contributed by atoms with Crippen molar-refractivity contribution in [3.63, 3.8) is 0 Å². The van der Waals surface area contributed by atoms with E-state index in [1.165, 1.54) is 6.07 Å². The monoisotopic (exact) mass is 341 g/mol. The van der Waals surface area contributed by atoms with Gasteiger partial charge in [0.05, 0.1) is 23.7 Å². The molecule has 130 valence electrons. The molecule has 1 aliphatic heterocycles. The van der Waals surface area contributed by atoms with Crippen LogP contribution in [-0.2, 0) is 17.7 Å². The smallest absolute Gasteiger partial charge is 0.280 e. The van der Waals surface area contributed by atoms with Crippen molar-refractivity contribution >= 4 is 11.5 Å². The van der Waals surface area contributed by atoms with Crippen LogP contribution >= 0.6 is 0 Å². The SMILES string of the molecule is O=C(Cc1cccnc1)c1cc(CN2CCOCC2)ccc1[N+](=O)[O-]. The summed E-state index contributed by atoms with van der Waals surface area (Å²) >= 11 is 0. The number of pyridine rings is 1. The summed E-state index contributed by atoms with van der Waals surface area (Å²) in [5.41, 5.74) is 1.63. The molecule has 1 aliphatic rings. The molecule has 2 aromatic rings. The van der Waals surface area contributed by atoms with E-state index in [1.54, 1.807) is 36.7 Å². The molecule has 0 amide bonds. The minimum absolute atomic E-state index is 0.0929. The first-order valence-corrected chi connectivity index (χ1v) is 8.13. The predicted octanol–water partition coefficient (Wildman–Crippen LogP) is 2.25. The molecule has 1 saturated heterocycles. The normalized spacial score (nSPS) is 15.0. The molecule has 7 heteroatoms. The van der Waals surface area contributed by atoms with Crippen LogP contribution in [0.3, 0.4) is 0 Å². The number of nitrogens with zero attached hydrogens (tertiary/aromatic N) is 3. The van der Waals surface area contributed by atoms with Crippen LogP contribution in [0.5, 0.6) is 0 Å². The third-order valence-electron chi connectivity index (χ3n) is 4.16. The number of rotatable bonds is 6. The Kier molecular flexibility index (Phi) is 5.47. The maximum atomic E-state index is 12.6. The third-order valence-corrected chi connectivity index (χ3v) is 4.16. The van der Waals surface area contributed by atoms with Crippen molar-refractivity contribution in [1.29, 1.82) is 0 Å². The summed E-state index contributed by atoms with van der Waals surface area (Å²) in [6.45, 7) is 3.64. The van der Waals surface area contributed by atoms with Crippen LogP contribution in [-0.4, -0.2) is 46.9 Å². The van der Waals surface area contributed by atoms with E-state index in [9.17, 15) is 14.9 Å². The first-order valence-electron chi connectivity index (χ1n) is 8.13. The lowest BCUT2D eigenvalue weighted by Gasteiger charge is -2.26. The summed E-state index contributed by atoms with van der Waals surface area (Å²) in [7, 11) is 0. The minimum atomic E-state index is -0.505. The van der Waals surface area contributed by atoms with Crippen molar-refractivity contribution in [2.75, 3.05) is 26.3 Å². The molecule has 2 heterocycles. The van der Waals surface area contributed by atoms with Crippen LogP contribution in [0.15, 0.2) is 42.7 Å². The lowest BCUT2D eigenvalue weighted by Crippen LogP contribution is -2.35. The maximum absolute atomic E-state index is 12.6. The fourth-order valence-electron chi connectivity index (χ4n) is 2.86. The van der Waals surface area contributed by atoms with Crippen LogP contribution in [0.1, 0.15) is 21.5 Å². The van der Waals surface area contributed by atoms with Gasteiger partial charge in [0, 0.05) is 44.5 Å². The van der Waals surface area contributed by atoms with Gasteiger partial charge in [-0.2, -0.15) is 0 Å². The zero-order valence-corrected chi connectivity index (χ0v) is 13.8. The molecule has 0 aliphatic carbocycles. The molecule has 0 N–H and O–H groups in total. The van der Waals surface area contributed by atoms with Crippen LogP contribution in [0.4, 0.5) is 5.69 Å². The number of morpholine rings is 1. The van der Waals surface area contributed by atoms with Gasteiger partial charge < -0.3 is 4.74 Å². The highest BCUT2D eigenvalue weighted by atomic mass is 16.6. The van der Waals surface area contributed by atoms with Crippen molar-refractivity contribution in [3.8, 4) is 0 Å². The molecule has 0 saturated carbocycles. The molecular formula is C18H19N3O4. The zero-order valence-electron chi connectivity index (χ0n) is 13.8. The number of carbonyl (C=O) groups excluding carboxylic acids is 1. The second-order valence-electron chi connectivity index (χ2n) is 5.96. The molecule has 0 unspecified atom stereocenters. The molecule has 3 rings (SSSR count). The van der Waals surface area contributed by atoms with E-state index in [0.717, 1.165) is 24.2 Å². The third kappa shape index (κ3) is 4.46. The van der Waals surface area contributed by atoms with Crippen LogP contribution < -0.4 is 0 Å². The van der Waals surface area contributed by atoms with Gasteiger partial charge in [-0.25, -0.2) is 0 Å². The van der Waals surface area contributed by atoms with E-state index in [1.807, 2.05) is 0 Å². The molecule has 0 radical (unpaired) electrons. The Morgan fingerprint density at radius 3 is 2.72 bits per heavy atom. The molecule has 1 fully saturated rings. The summed E-state index contributed by atoms with van der Waals surface area (Å²) in [6, 6.07) is 8.31. The van der Waals surface area contributed by atoms with Gasteiger partial charge in [-0.05, 0) is 23.3 Å². The Morgan fingerprint density at radius 2 is 2.04 bits per heavy atom. The van der Waals surface area contributed by atoms with Gasteiger partial charge in [-0.1, -0.05) is 12.1 Å². The number of Topliss-reactive ketones (excluding diaryl/α,β-unsaturated/α-hetero) is 1. The van der Waals surface area contributed by atoms with Gasteiger partial charge in [0.25, 0.3) is 5.69 Å². The van der Waals surface area contributed by atoms with E-state index in [4.69, 9.17) is 4.74 Å². The Hall–Kier alpha value is -2.64. The van der Waals surface area contributed by atoms with Crippen LogP contribution in [0.25, 0.3) is 0 Å². The van der Waals surface area contributed by atoms with E-state index < -0.39 is 4.92 Å². The van der Waals surface area contributed by atoms with E-state index >= 15 is 0 Å². The second-order valence-corrected chi connectivity index (χ2v) is 5.96. The predicted molar refractivity (Wildman–Crippen MR) is 91.5 cm³/mol. The fourth-order valence-corrected chi connectivity index (χ4v) is 2.86. The summed E-state index contributed by atoms with van der Waals surface area (Å²) in [4.78, 5) is 29.6. The Bertz CT molecular complexity index is 758. The van der Waals surface area contributed by atoms with Crippen molar-refractivity contribution in [2.24, 2.45) is 0 Å². The van der Waals surface area contributed by atoms with Gasteiger partial charge in [0.2, 0.25) is 0 Å². The van der Waals surface area contributed by atoms with Crippen molar-refractivity contribution in [2.45, 2.75) is 13.0 Å². The average Bonchev–Trinajstić information content (AvgIpc) is 2.63. The van der Waals surface area contributed by atoms with E-state index in [-0.39, 0.29) is 23.5 Å². The summed E-state index contributed by atoms with van der Waals surface area (Å²) in [6.07, 6.45) is 3.32. The second kappa shape index (κ2) is 7.96. The number of carbonyl (C=O) groups is 1. The van der Waals surface area contributed by atoms with Gasteiger partial charge in [-0.15, -0.1) is 0 Å². The van der Waals surface area contributed by atoms with Crippen molar-refractivity contribution in [1.82, 2.24) is 9.88 Å². The Labute approximate surface area is 145 Å². The number of ether oxygens (including phenoxy) is 1. The number of hydrogen-bond donors (Lipinski definition) is 0. The standard InChI is InChI=1S/C18H19N3O4/c22-18(11-14-2-1-5-19-12-14)16-10-15(3-4-17(16)21(23)24)13-20-6-8-25-9-7-20/h1-5,10,12H,6-9,11,13H2. The summed E-state index contributed by atoms with van der Waals surface area (Å²) in [5, 5.41) is 11.3. The Morgan fingerprint density at radius 1 is 1.24 bits per heavy atom. The first-order chi connectivity index (χ1) is 12.1. The lowest BCUT2D eigenvalue weighted by atomic mass is 10.00. The van der Waals surface area contributed by atoms with Gasteiger partial charge in [0.15, 0.2) is 5.78 Å². The Balaban J connectivity index is 1.82. The number of hydrogen-bond acceptors (Lipinski definition) is 6. The number of nitro benzene ring substituents is 1. The lowest BCUT2D eigenvalue weighted by molar-refractivity contribution is -0.385. The van der Waals surface area contributed by atoms with Crippen LogP contribution in [0.2, 0.25) is 0 Å². The first kappa shape index (κ1) is 17.2. The highest BCUT2D eigenvalue weighted by Crippen LogP contribution is 2.23. The van der Waals surface area contributed by atoms with Gasteiger partial charge in [0.1, 0.15) is 0 Å². The number of benzene rings is 1. The van der Waals surface area contributed by atoms with Gasteiger partial charge in [-0.3, -0.25) is 24.8 Å². The molecule has 1 aromatic heterocycles. The van der Waals surface area contributed by atoms with Crippen molar-refractivity contribution in [3.05, 3.63) is 69.5 Å². The number of aromatic nitrogens is 1. The van der Waals surface area contributed by atoms with Gasteiger partial charge >= 0.3 is 0 Å². The summed E-state index contributed by atoms with van der Waals surface area (Å²) < 4.78 is 5.33. The quantitative estimate of drug-likeness (QED) is 0.455. The minimum Gasteiger partial charge on any atom is -0.379 e.